The summed E-state index contributed by atoms with van der Waals surface area (Å²) in [5.41, 5.74) is 0.635. The highest BCUT2D eigenvalue weighted by Crippen LogP contribution is 2.54. The third-order valence-corrected chi connectivity index (χ3v) is 8.29. The Kier molecular flexibility index (Phi) is 7.36. The molecule has 0 saturated heterocycles. The molecule has 1 aromatic carbocycles. The molecule has 0 spiro atoms. The summed E-state index contributed by atoms with van der Waals surface area (Å²) in [6, 6.07) is 4.48. The summed E-state index contributed by atoms with van der Waals surface area (Å²) in [6.07, 6.45) is 1.76. The second kappa shape index (κ2) is 9.43. The molecule has 0 unspecified atom stereocenters. The first kappa shape index (κ1) is 28.1. The second-order valence-corrected chi connectivity index (χ2v) is 15.0. The zero-order valence-corrected chi connectivity index (χ0v) is 23.8. The summed E-state index contributed by atoms with van der Waals surface area (Å²) in [5, 5.41) is 25.9. The number of nitrogens with zero attached hydrogens (tertiary/aromatic N) is 2. The SMILES string of the molecule is CCO[P@@]1(=O)N=C(c2c(O)c(C(C)(C)C)n(CCC(C)(C)C)c2O)Nc2ccc(NS(C)(=O)=O)cc21. The molecular weight excluding hydrogens is 503 g/mol. The minimum atomic E-state index is -3.89. The number of benzene rings is 1. The van der Waals surface area contributed by atoms with E-state index in [-0.39, 0.29) is 46.0 Å². The van der Waals surface area contributed by atoms with E-state index in [2.05, 4.69) is 35.6 Å². The largest absolute Gasteiger partial charge is 0.505 e. The Labute approximate surface area is 213 Å². The lowest BCUT2D eigenvalue weighted by Crippen LogP contribution is -2.26. The van der Waals surface area contributed by atoms with Crippen molar-refractivity contribution in [3.63, 3.8) is 0 Å². The zero-order chi connectivity index (χ0) is 27.3. The van der Waals surface area contributed by atoms with Crippen molar-refractivity contribution in [3.05, 3.63) is 29.5 Å². The average molecular weight is 541 g/mol. The van der Waals surface area contributed by atoms with Gasteiger partial charge in [-0.25, -0.2) is 8.42 Å². The van der Waals surface area contributed by atoms with Crippen molar-refractivity contribution < 1.29 is 27.7 Å². The van der Waals surface area contributed by atoms with Crippen LogP contribution in [0.25, 0.3) is 0 Å². The summed E-state index contributed by atoms with van der Waals surface area (Å²) in [5.74, 6) is -0.324. The Bertz CT molecular complexity index is 1350. The van der Waals surface area contributed by atoms with Crippen LogP contribution in [0.15, 0.2) is 23.0 Å². The maximum absolute atomic E-state index is 13.9. The number of hydrogen-bond donors (Lipinski definition) is 4. The van der Waals surface area contributed by atoms with Gasteiger partial charge in [-0.3, -0.25) is 9.29 Å². The van der Waals surface area contributed by atoms with Crippen LogP contribution in [-0.4, -0.2) is 41.9 Å². The first-order valence-corrected chi connectivity index (χ1v) is 15.2. The predicted octanol–water partition coefficient (Wildman–Crippen LogP) is 4.73. The Morgan fingerprint density at radius 1 is 1.17 bits per heavy atom. The third-order valence-electron chi connectivity index (χ3n) is 5.64. The van der Waals surface area contributed by atoms with Crippen LogP contribution in [0.3, 0.4) is 0 Å². The molecule has 1 aliphatic heterocycles. The van der Waals surface area contributed by atoms with Gasteiger partial charge in [0.05, 0.1) is 29.5 Å². The molecule has 0 bridgehead atoms. The van der Waals surface area contributed by atoms with Crippen LogP contribution in [0.4, 0.5) is 11.4 Å². The number of nitrogens with one attached hydrogen (secondary N) is 2. The van der Waals surface area contributed by atoms with Crippen LogP contribution < -0.4 is 15.3 Å². The molecule has 2 heterocycles. The fourth-order valence-electron chi connectivity index (χ4n) is 4.11. The molecule has 0 radical (unpaired) electrons. The molecule has 12 heteroatoms. The minimum absolute atomic E-state index is 0.0103. The Balaban J connectivity index is 2.19. The molecule has 1 aromatic heterocycles. The van der Waals surface area contributed by atoms with Gasteiger partial charge in [-0.15, -0.1) is 0 Å². The van der Waals surface area contributed by atoms with Gasteiger partial charge in [-0.1, -0.05) is 41.5 Å². The molecule has 0 aliphatic carbocycles. The highest BCUT2D eigenvalue weighted by atomic mass is 32.2. The standard InChI is InChI=1S/C24H37N4O6PS/c1-9-34-35(31)17-14-15(27-36(8,32)33)10-11-16(17)25-21(26-35)18-19(29)20(24(5,6)7)28(22(18)30)13-12-23(2,3)4/h10-11,14,27,29-30H,9,12-13H2,1-8H3,(H,25,26,31)/t35-/m1/s1. The number of aromatic hydroxyl groups is 2. The molecule has 0 amide bonds. The van der Waals surface area contributed by atoms with Gasteiger partial charge in [0.1, 0.15) is 5.56 Å². The molecule has 10 nitrogen and oxygen atoms in total. The molecule has 200 valence electrons. The molecule has 36 heavy (non-hydrogen) atoms. The number of rotatable bonds is 7. The summed E-state index contributed by atoms with van der Waals surface area (Å²) in [4.78, 5) is 0. The maximum atomic E-state index is 13.9. The van der Waals surface area contributed by atoms with Crippen LogP contribution >= 0.6 is 7.52 Å². The van der Waals surface area contributed by atoms with Crippen LogP contribution in [0.2, 0.25) is 0 Å². The van der Waals surface area contributed by atoms with Crippen LogP contribution in [0.1, 0.15) is 66.1 Å². The molecule has 1 atom stereocenters. The minimum Gasteiger partial charge on any atom is -0.505 e. The van der Waals surface area contributed by atoms with Crippen molar-refractivity contribution in [1.29, 1.82) is 0 Å². The second-order valence-electron chi connectivity index (χ2n) is 11.2. The molecule has 0 fully saturated rings. The molecule has 3 rings (SSSR count). The summed E-state index contributed by atoms with van der Waals surface area (Å²) < 4.78 is 51.3. The molecule has 1 aliphatic rings. The van der Waals surface area contributed by atoms with Crippen molar-refractivity contribution >= 4 is 40.1 Å². The van der Waals surface area contributed by atoms with E-state index in [4.69, 9.17) is 4.52 Å². The van der Waals surface area contributed by atoms with Crippen molar-refractivity contribution in [1.82, 2.24) is 4.57 Å². The number of amidine groups is 1. The van der Waals surface area contributed by atoms with Crippen molar-refractivity contribution in [2.45, 2.75) is 66.8 Å². The van der Waals surface area contributed by atoms with Gasteiger partial charge in [0.25, 0.3) is 0 Å². The van der Waals surface area contributed by atoms with E-state index in [0.29, 0.717) is 17.9 Å². The molecule has 4 N–H and O–H groups in total. The highest BCUT2D eigenvalue weighted by Gasteiger charge is 2.39. The van der Waals surface area contributed by atoms with Crippen LogP contribution in [0, 0.1) is 5.41 Å². The lowest BCUT2D eigenvalue weighted by Gasteiger charge is -2.25. The van der Waals surface area contributed by atoms with Crippen LogP contribution in [0.5, 0.6) is 11.6 Å². The van der Waals surface area contributed by atoms with E-state index >= 15 is 0 Å². The van der Waals surface area contributed by atoms with Gasteiger partial charge in [0.15, 0.2) is 11.6 Å². The Hall–Kier alpha value is -2.49. The Morgan fingerprint density at radius 2 is 1.81 bits per heavy atom. The van der Waals surface area contributed by atoms with E-state index in [1.165, 1.54) is 12.1 Å². The van der Waals surface area contributed by atoms with Crippen molar-refractivity contribution in [3.8, 4) is 11.6 Å². The fourth-order valence-corrected chi connectivity index (χ4v) is 6.47. The van der Waals surface area contributed by atoms with Gasteiger partial charge < -0.3 is 24.6 Å². The van der Waals surface area contributed by atoms with Gasteiger partial charge >= 0.3 is 7.52 Å². The quantitative estimate of drug-likeness (QED) is 0.372. The summed E-state index contributed by atoms with van der Waals surface area (Å²) in [6.45, 7) is 14.3. The van der Waals surface area contributed by atoms with E-state index in [1.54, 1.807) is 17.6 Å². The number of fused-ring (bicyclic) bond motifs is 1. The topological polar surface area (TPSA) is 142 Å². The predicted molar refractivity (Wildman–Crippen MR) is 144 cm³/mol. The number of aromatic nitrogens is 1. The van der Waals surface area contributed by atoms with Gasteiger partial charge in [0.2, 0.25) is 15.9 Å². The zero-order valence-electron chi connectivity index (χ0n) is 22.1. The van der Waals surface area contributed by atoms with E-state index in [1.807, 2.05) is 20.8 Å². The van der Waals surface area contributed by atoms with E-state index in [9.17, 15) is 23.2 Å². The van der Waals surface area contributed by atoms with Crippen molar-refractivity contribution in [2.75, 3.05) is 22.9 Å². The fraction of sp³-hybridized carbons (Fsp3) is 0.542. The monoisotopic (exact) mass is 540 g/mol. The normalized spacial score (nSPS) is 18.4. The van der Waals surface area contributed by atoms with Gasteiger partial charge in [-0.05, 0) is 37.0 Å². The van der Waals surface area contributed by atoms with E-state index in [0.717, 1.165) is 12.7 Å². The number of hydrogen-bond acceptors (Lipinski definition) is 7. The van der Waals surface area contributed by atoms with Gasteiger partial charge in [0, 0.05) is 17.6 Å². The smallest absolute Gasteiger partial charge is 0.348 e. The number of anilines is 2. The lowest BCUT2D eigenvalue weighted by atomic mass is 9.89. The first-order valence-electron chi connectivity index (χ1n) is 11.8. The van der Waals surface area contributed by atoms with Gasteiger partial charge in [-0.2, -0.15) is 4.76 Å². The Morgan fingerprint density at radius 3 is 2.33 bits per heavy atom. The van der Waals surface area contributed by atoms with Crippen molar-refractivity contribution in [2.24, 2.45) is 10.2 Å². The maximum Gasteiger partial charge on any atom is 0.348 e. The molecular formula is C24H37N4O6PS. The number of sulfonamides is 1. The summed E-state index contributed by atoms with van der Waals surface area (Å²) >= 11 is 0. The van der Waals surface area contributed by atoms with Crippen LogP contribution in [-0.2, 0) is 31.1 Å². The molecule has 0 saturated carbocycles. The first-order chi connectivity index (χ1) is 16.4. The average Bonchev–Trinajstić information content (AvgIpc) is 2.95. The third kappa shape index (κ3) is 5.90. The summed E-state index contributed by atoms with van der Waals surface area (Å²) in [7, 11) is -7.44. The molecule has 2 aromatic rings. The highest BCUT2D eigenvalue weighted by molar-refractivity contribution is 7.92. The lowest BCUT2D eigenvalue weighted by molar-refractivity contribution is 0.319. The van der Waals surface area contributed by atoms with E-state index < -0.39 is 23.0 Å².